The molecular weight excluding hydrogens is 352 g/mol. The molecule has 0 unspecified atom stereocenters. The summed E-state index contributed by atoms with van der Waals surface area (Å²) in [6.07, 6.45) is 0. The first-order chi connectivity index (χ1) is 11.0. The number of benzene rings is 1. The van der Waals surface area contributed by atoms with E-state index in [0.29, 0.717) is 0 Å². The highest BCUT2D eigenvalue weighted by molar-refractivity contribution is 8.00. The Morgan fingerprint density at radius 1 is 1.26 bits per heavy atom. The molecule has 0 saturated carbocycles. The third kappa shape index (κ3) is 3.85. The second-order valence-electron chi connectivity index (χ2n) is 5.05. The molecule has 0 spiro atoms. The van der Waals surface area contributed by atoms with Crippen LogP contribution in [0.5, 0.6) is 0 Å². The molecule has 0 saturated heterocycles. The first kappa shape index (κ1) is 16.3. The molecule has 0 aliphatic heterocycles. The SMILES string of the molecule is Cc1ccc(Nc2nnc(SCc3c(C)noc3C)s2)cc1Cl. The van der Waals surface area contributed by atoms with Gasteiger partial charge in [0, 0.05) is 22.0 Å². The Hall–Kier alpha value is -1.57. The molecule has 1 aromatic carbocycles. The molecular formula is C15H15ClN4OS2. The van der Waals surface area contributed by atoms with E-state index in [9.17, 15) is 0 Å². The molecule has 2 heterocycles. The Balaban J connectivity index is 1.65. The number of anilines is 2. The minimum Gasteiger partial charge on any atom is -0.361 e. The van der Waals surface area contributed by atoms with Crippen molar-refractivity contribution in [1.29, 1.82) is 0 Å². The Morgan fingerprint density at radius 2 is 2.09 bits per heavy atom. The van der Waals surface area contributed by atoms with Gasteiger partial charge in [-0.05, 0) is 38.5 Å². The average Bonchev–Trinajstić information content (AvgIpc) is 3.08. The summed E-state index contributed by atoms with van der Waals surface area (Å²) in [6, 6.07) is 5.83. The first-order valence-corrected chi connectivity index (χ1v) is 9.12. The molecule has 0 fully saturated rings. The number of rotatable bonds is 5. The van der Waals surface area contributed by atoms with Crippen molar-refractivity contribution in [3.8, 4) is 0 Å². The van der Waals surface area contributed by atoms with Crippen molar-refractivity contribution in [3.05, 3.63) is 45.8 Å². The zero-order chi connectivity index (χ0) is 16.4. The standard InChI is InChI=1S/C15H15ClN4OS2/c1-8-4-5-11(6-13(8)16)17-14-18-19-15(23-14)22-7-12-9(2)20-21-10(12)3/h4-6H,7H2,1-3H3,(H,17,18). The lowest BCUT2D eigenvalue weighted by Crippen LogP contribution is -1.89. The van der Waals surface area contributed by atoms with Gasteiger partial charge in [0.25, 0.3) is 0 Å². The summed E-state index contributed by atoms with van der Waals surface area (Å²) >= 11 is 9.26. The van der Waals surface area contributed by atoms with Crippen LogP contribution in [0.1, 0.15) is 22.6 Å². The summed E-state index contributed by atoms with van der Waals surface area (Å²) in [5.74, 6) is 1.62. The Labute approximate surface area is 147 Å². The van der Waals surface area contributed by atoms with Crippen LogP contribution in [0, 0.1) is 20.8 Å². The molecule has 120 valence electrons. The molecule has 3 aromatic rings. The molecule has 1 N–H and O–H groups in total. The summed E-state index contributed by atoms with van der Waals surface area (Å²) in [7, 11) is 0. The fourth-order valence-electron chi connectivity index (χ4n) is 1.95. The normalized spacial score (nSPS) is 11.0. The van der Waals surface area contributed by atoms with Gasteiger partial charge in [-0.1, -0.05) is 45.9 Å². The van der Waals surface area contributed by atoms with Crippen LogP contribution in [0.15, 0.2) is 27.1 Å². The second-order valence-corrected chi connectivity index (χ2v) is 7.66. The van der Waals surface area contributed by atoms with Gasteiger partial charge in [0.2, 0.25) is 5.13 Å². The summed E-state index contributed by atoms with van der Waals surface area (Å²) in [4.78, 5) is 0. The molecule has 2 aromatic heterocycles. The van der Waals surface area contributed by atoms with E-state index in [1.165, 1.54) is 11.3 Å². The number of aromatic nitrogens is 3. The summed E-state index contributed by atoms with van der Waals surface area (Å²) in [6.45, 7) is 5.84. The zero-order valence-electron chi connectivity index (χ0n) is 12.9. The predicted octanol–water partition coefficient (Wildman–Crippen LogP) is 5.14. The van der Waals surface area contributed by atoms with Gasteiger partial charge in [-0.25, -0.2) is 0 Å². The predicted molar refractivity (Wildman–Crippen MR) is 94.9 cm³/mol. The van der Waals surface area contributed by atoms with Crippen molar-refractivity contribution in [2.75, 3.05) is 5.32 Å². The summed E-state index contributed by atoms with van der Waals surface area (Å²) < 4.78 is 6.06. The lowest BCUT2D eigenvalue weighted by atomic mass is 10.2. The van der Waals surface area contributed by atoms with Crippen molar-refractivity contribution in [1.82, 2.24) is 15.4 Å². The minimum absolute atomic E-state index is 0.729. The highest BCUT2D eigenvalue weighted by Gasteiger charge is 2.12. The van der Waals surface area contributed by atoms with Crippen LogP contribution in [0.2, 0.25) is 5.02 Å². The highest BCUT2D eigenvalue weighted by atomic mass is 35.5. The maximum absolute atomic E-state index is 6.13. The number of halogens is 1. The monoisotopic (exact) mass is 366 g/mol. The molecule has 0 aliphatic carbocycles. The van der Waals surface area contributed by atoms with Crippen molar-refractivity contribution in [3.63, 3.8) is 0 Å². The van der Waals surface area contributed by atoms with Gasteiger partial charge in [-0.3, -0.25) is 0 Å². The zero-order valence-corrected chi connectivity index (χ0v) is 15.3. The van der Waals surface area contributed by atoms with E-state index in [4.69, 9.17) is 16.1 Å². The number of aryl methyl sites for hydroxylation is 3. The fourth-order valence-corrected chi connectivity index (χ4v) is 4.06. The van der Waals surface area contributed by atoms with Crippen molar-refractivity contribution in [2.24, 2.45) is 0 Å². The molecule has 5 nitrogen and oxygen atoms in total. The van der Waals surface area contributed by atoms with Crippen LogP contribution in [0.4, 0.5) is 10.8 Å². The lowest BCUT2D eigenvalue weighted by molar-refractivity contribution is 0.392. The molecule has 3 rings (SSSR count). The van der Waals surface area contributed by atoms with Gasteiger partial charge in [0.15, 0.2) is 4.34 Å². The van der Waals surface area contributed by atoms with E-state index in [-0.39, 0.29) is 0 Å². The quantitative estimate of drug-likeness (QED) is 0.630. The average molecular weight is 367 g/mol. The highest BCUT2D eigenvalue weighted by Crippen LogP contribution is 2.32. The summed E-state index contributed by atoms with van der Waals surface area (Å²) in [5.41, 5.74) is 3.99. The molecule has 0 bridgehead atoms. The first-order valence-electron chi connectivity index (χ1n) is 6.94. The maximum atomic E-state index is 6.13. The lowest BCUT2D eigenvalue weighted by Gasteiger charge is -2.03. The summed E-state index contributed by atoms with van der Waals surface area (Å²) in [5, 5.41) is 17.0. The molecule has 0 aliphatic rings. The number of nitrogens with zero attached hydrogens (tertiary/aromatic N) is 3. The molecule has 0 amide bonds. The van der Waals surface area contributed by atoms with Crippen LogP contribution in [-0.2, 0) is 5.75 Å². The van der Waals surface area contributed by atoms with Crippen LogP contribution in [0.3, 0.4) is 0 Å². The Kier molecular flexibility index (Phi) is 4.89. The van der Waals surface area contributed by atoms with Crippen molar-refractivity contribution in [2.45, 2.75) is 30.9 Å². The van der Waals surface area contributed by atoms with Crippen LogP contribution >= 0.6 is 34.7 Å². The van der Waals surface area contributed by atoms with E-state index in [0.717, 1.165) is 48.5 Å². The third-order valence-electron chi connectivity index (χ3n) is 3.35. The molecule has 8 heteroatoms. The van der Waals surface area contributed by atoms with E-state index >= 15 is 0 Å². The molecule has 23 heavy (non-hydrogen) atoms. The Morgan fingerprint density at radius 3 is 2.78 bits per heavy atom. The Bertz CT molecular complexity index is 811. The van der Waals surface area contributed by atoms with Gasteiger partial charge in [0.1, 0.15) is 5.76 Å². The third-order valence-corrected chi connectivity index (χ3v) is 5.76. The molecule has 0 atom stereocenters. The number of thioether (sulfide) groups is 1. The van der Waals surface area contributed by atoms with Crippen LogP contribution < -0.4 is 5.32 Å². The van der Waals surface area contributed by atoms with E-state index in [2.05, 4.69) is 20.7 Å². The number of hydrogen-bond donors (Lipinski definition) is 1. The maximum Gasteiger partial charge on any atom is 0.210 e. The minimum atomic E-state index is 0.729. The van der Waals surface area contributed by atoms with Gasteiger partial charge >= 0.3 is 0 Å². The fraction of sp³-hybridized carbons (Fsp3) is 0.267. The van der Waals surface area contributed by atoms with Crippen LogP contribution in [0.25, 0.3) is 0 Å². The van der Waals surface area contributed by atoms with Crippen LogP contribution in [-0.4, -0.2) is 15.4 Å². The smallest absolute Gasteiger partial charge is 0.210 e. The number of nitrogens with one attached hydrogen (secondary N) is 1. The van der Waals surface area contributed by atoms with Crippen molar-refractivity contribution < 1.29 is 4.52 Å². The number of hydrogen-bond acceptors (Lipinski definition) is 7. The second kappa shape index (κ2) is 6.90. The van der Waals surface area contributed by atoms with E-state index in [1.807, 2.05) is 39.0 Å². The van der Waals surface area contributed by atoms with E-state index in [1.54, 1.807) is 11.8 Å². The van der Waals surface area contributed by atoms with Gasteiger partial charge in [-0.15, -0.1) is 10.2 Å². The van der Waals surface area contributed by atoms with E-state index < -0.39 is 0 Å². The topological polar surface area (TPSA) is 63.8 Å². The van der Waals surface area contributed by atoms with Gasteiger partial charge in [-0.2, -0.15) is 0 Å². The largest absolute Gasteiger partial charge is 0.361 e. The van der Waals surface area contributed by atoms with Crippen molar-refractivity contribution >= 4 is 45.5 Å². The molecule has 0 radical (unpaired) electrons. The van der Waals surface area contributed by atoms with Gasteiger partial charge in [0.05, 0.1) is 5.69 Å². The van der Waals surface area contributed by atoms with Gasteiger partial charge < -0.3 is 9.84 Å².